The molecule has 0 spiro atoms. The summed E-state index contributed by atoms with van der Waals surface area (Å²) in [6, 6.07) is 29.5. The lowest BCUT2D eigenvalue weighted by atomic mass is 10.1. The predicted octanol–water partition coefficient (Wildman–Crippen LogP) is 4.91. The highest BCUT2D eigenvalue weighted by Gasteiger charge is 2.12. The Morgan fingerprint density at radius 1 is 0.667 bits per heavy atom. The van der Waals surface area contributed by atoms with E-state index in [1.165, 1.54) is 0 Å². The molecule has 0 bridgehead atoms. The number of nitrogens with zero attached hydrogens (tertiary/aromatic N) is 2. The van der Waals surface area contributed by atoms with Gasteiger partial charge < -0.3 is 5.11 Å². The molecule has 3 nitrogen and oxygen atoms in total. The molecule has 0 aliphatic rings. The third-order valence-electron chi connectivity index (χ3n) is 3.94. The number of phenolic OH excluding ortho intramolecular Hbond substituents is 1. The Kier molecular flexibility index (Phi) is 3.60. The number of benzene rings is 3. The van der Waals surface area contributed by atoms with Gasteiger partial charge in [0.05, 0.1) is 17.1 Å². The summed E-state index contributed by atoms with van der Waals surface area (Å²) < 4.78 is 1.96. The fourth-order valence-electron chi connectivity index (χ4n) is 2.73. The monoisotopic (exact) mass is 312 g/mol. The summed E-state index contributed by atoms with van der Waals surface area (Å²) in [6.07, 6.45) is 0. The zero-order valence-electron chi connectivity index (χ0n) is 13.0. The molecule has 24 heavy (non-hydrogen) atoms. The number of hydrogen-bond acceptors (Lipinski definition) is 2. The van der Waals surface area contributed by atoms with Gasteiger partial charge in [0.15, 0.2) is 0 Å². The smallest absolute Gasteiger partial charge is 0.115 e. The van der Waals surface area contributed by atoms with Gasteiger partial charge in [-0.1, -0.05) is 48.5 Å². The van der Waals surface area contributed by atoms with Crippen molar-refractivity contribution >= 4 is 0 Å². The predicted molar refractivity (Wildman–Crippen MR) is 96.1 cm³/mol. The van der Waals surface area contributed by atoms with Crippen LogP contribution in [0, 0.1) is 0 Å². The second-order valence-electron chi connectivity index (χ2n) is 5.58. The molecule has 0 saturated carbocycles. The molecule has 4 aromatic rings. The molecule has 1 heterocycles. The average Bonchev–Trinajstić information content (AvgIpc) is 3.09. The summed E-state index contributed by atoms with van der Waals surface area (Å²) in [6.45, 7) is 0. The number of aromatic nitrogens is 2. The molecule has 0 saturated heterocycles. The topological polar surface area (TPSA) is 38.0 Å². The van der Waals surface area contributed by atoms with Crippen molar-refractivity contribution in [3.8, 4) is 34.0 Å². The van der Waals surface area contributed by atoms with Crippen LogP contribution in [0.1, 0.15) is 0 Å². The van der Waals surface area contributed by atoms with E-state index in [1.54, 1.807) is 12.1 Å². The van der Waals surface area contributed by atoms with Crippen LogP contribution in [0.3, 0.4) is 0 Å². The number of hydrogen-bond donors (Lipinski definition) is 1. The van der Waals surface area contributed by atoms with E-state index in [0.717, 1.165) is 28.2 Å². The van der Waals surface area contributed by atoms with Gasteiger partial charge in [-0.25, -0.2) is 4.68 Å². The number of aromatic hydroxyl groups is 1. The highest BCUT2D eigenvalue weighted by atomic mass is 16.3. The number of phenols is 1. The standard InChI is InChI=1S/C21H16N2O/c24-19-13-11-16(12-14-19)20-15-21(17-7-3-1-4-8-17)23(22-20)18-9-5-2-6-10-18/h1-15,24H. The van der Waals surface area contributed by atoms with Crippen molar-refractivity contribution in [3.05, 3.63) is 91.0 Å². The van der Waals surface area contributed by atoms with E-state index in [-0.39, 0.29) is 5.75 Å². The zero-order valence-corrected chi connectivity index (χ0v) is 13.0. The fraction of sp³-hybridized carbons (Fsp3) is 0. The van der Waals surface area contributed by atoms with Crippen molar-refractivity contribution in [2.45, 2.75) is 0 Å². The molecule has 116 valence electrons. The third-order valence-corrected chi connectivity index (χ3v) is 3.94. The Hall–Kier alpha value is -3.33. The zero-order chi connectivity index (χ0) is 16.4. The molecular weight excluding hydrogens is 296 g/mol. The van der Waals surface area contributed by atoms with Gasteiger partial charge >= 0.3 is 0 Å². The lowest BCUT2D eigenvalue weighted by Gasteiger charge is -2.07. The van der Waals surface area contributed by atoms with Gasteiger partial charge in [-0.2, -0.15) is 5.10 Å². The summed E-state index contributed by atoms with van der Waals surface area (Å²) in [4.78, 5) is 0. The lowest BCUT2D eigenvalue weighted by Crippen LogP contribution is -1.98. The van der Waals surface area contributed by atoms with Crippen LogP contribution in [0.4, 0.5) is 0 Å². The van der Waals surface area contributed by atoms with E-state index in [2.05, 4.69) is 18.2 Å². The van der Waals surface area contributed by atoms with Crippen molar-refractivity contribution in [2.24, 2.45) is 0 Å². The van der Waals surface area contributed by atoms with Gasteiger partial charge in [0, 0.05) is 11.1 Å². The van der Waals surface area contributed by atoms with Crippen molar-refractivity contribution in [2.75, 3.05) is 0 Å². The normalized spacial score (nSPS) is 10.7. The summed E-state index contributed by atoms with van der Waals surface area (Å²) in [5.41, 5.74) is 5.00. The van der Waals surface area contributed by atoms with E-state index in [1.807, 2.05) is 65.3 Å². The Balaban J connectivity index is 1.89. The molecule has 3 heteroatoms. The van der Waals surface area contributed by atoms with E-state index in [9.17, 15) is 5.11 Å². The second kappa shape index (κ2) is 6.05. The van der Waals surface area contributed by atoms with Crippen molar-refractivity contribution in [1.29, 1.82) is 0 Å². The first-order valence-corrected chi connectivity index (χ1v) is 7.81. The molecule has 0 unspecified atom stereocenters. The van der Waals surface area contributed by atoms with E-state index < -0.39 is 0 Å². The highest BCUT2D eigenvalue weighted by Crippen LogP contribution is 2.29. The van der Waals surface area contributed by atoms with Crippen LogP contribution in [-0.4, -0.2) is 14.9 Å². The van der Waals surface area contributed by atoms with Crippen LogP contribution in [-0.2, 0) is 0 Å². The molecule has 0 aliphatic carbocycles. The Labute approximate surface area is 140 Å². The maximum atomic E-state index is 9.49. The van der Waals surface area contributed by atoms with Crippen molar-refractivity contribution in [1.82, 2.24) is 9.78 Å². The first-order chi connectivity index (χ1) is 11.8. The first kappa shape index (κ1) is 14.3. The van der Waals surface area contributed by atoms with Crippen LogP contribution >= 0.6 is 0 Å². The molecule has 1 N–H and O–H groups in total. The first-order valence-electron chi connectivity index (χ1n) is 7.81. The largest absolute Gasteiger partial charge is 0.508 e. The number of rotatable bonds is 3. The summed E-state index contributed by atoms with van der Waals surface area (Å²) in [5, 5.41) is 14.3. The average molecular weight is 312 g/mol. The molecule has 1 aromatic heterocycles. The SMILES string of the molecule is Oc1ccc(-c2cc(-c3ccccc3)n(-c3ccccc3)n2)cc1. The molecule has 0 radical (unpaired) electrons. The maximum absolute atomic E-state index is 9.49. The van der Waals surface area contributed by atoms with Gasteiger partial charge in [0.2, 0.25) is 0 Å². The fourth-order valence-corrected chi connectivity index (χ4v) is 2.73. The minimum atomic E-state index is 0.254. The molecule has 3 aromatic carbocycles. The van der Waals surface area contributed by atoms with Crippen molar-refractivity contribution in [3.63, 3.8) is 0 Å². The molecule has 4 rings (SSSR count). The summed E-state index contributed by atoms with van der Waals surface area (Å²) in [7, 11) is 0. The number of para-hydroxylation sites is 1. The van der Waals surface area contributed by atoms with Crippen LogP contribution in [0.5, 0.6) is 5.75 Å². The molecular formula is C21H16N2O. The second-order valence-corrected chi connectivity index (χ2v) is 5.58. The minimum Gasteiger partial charge on any atom is -0.508 e. The van der Waals surface area contributed by atoms with Crippen LogP contribution in [0.25, 0.3) is 28.2 Å². The lowest BCUT2D eigenvalue weighted by molar-refractivity contribution is 0.475. The minimum absolute atomic E-state index is 0.254. The van der Waals surface area contributed by atoms with E-state index in [0.29, 0.717) is 0 Å². The van der Waals surface area contributed by atoms with Crippen LogP contribution in [0.2, 0.25) is 0 Å². The molecule has 0 aliphatic heterocycles. The van der Waals surface area contributed by atoms with Gasteiger partial charge in [-0.15, -0.1) is 0 Å². The maximum Gasteiger partial charge on any atom is 0.115 e. The van der Waals surface area contributed by atoms with Crippen molar-refractivity contribution < 1.29 is 5.11 Å². The third kappa shape index (κ3) is 2.68. The van der Waals surface area contributed by atoms with Gasteiger partial charge in [-0.05, 0) is 42.5 Å². The van der Waals surface area contributed by atoms with E-state index >= 15 is 0 Å². The molecule has 0 fully saturated rings. The molecule has 0 atom stereocenters. The highest BCUT2D eigenvalue weighted by molar-refractivity contribution is 5.70. The van der Waals surface area contributed by atoms with Crippen LogP contribution in [0.15, 0.2) is 91.0 Å². The quantitative estimate of drug-likeness (QED) is 0.583. The van der Waals surface area contributed by atoms with Gasteiger partial charge in [-0.3, -0.25) is 0 Å². The Morgan fingerprint density at radius 2 is 1.29 bits per heavy atom. The van der Waals surface area contributed by atoms with Gasteiger partial charge in [0.25, 0.3) is 0 Å². The Bertz CT molecular complexity index is 885. The Morgan fingerprint density at radius 3 is 1.96 bits per heavy atom. The summed E-state index contributed by atoms with van der Waals surface area (Å²) >= 11 is 0. The van der Waals surface area contributed by atoms with Crippen LogP contribution < -0.4 is 0 Å². The molecule has 0 amide bonds. The summed E-state index contributed by atoms with van der Waals surface area (Å²) in [5.74, 6) is 0.254. The van der Waals surface area contributed by atoms with E-state index in [4.69, 9.17) is 5.10 Å². The van der Waals surface area contributed by atoms with Gasteiger partial charge in [0.1, 0.15) is 5.75 Å².